The number of benzene rings is 1. The molecule has 3 fully saturated rings. The number of Topliss-reactive ketones (excluding diaryl/α,β-unsaturated/α-hetero) is 1. The van der Waals surface area contributed by atoms with Crippen LogP contribution in [0, 0.1) is 47.1 Å². The molecule has 3 aliphatic rings. The number of hydrogen-bond donors (Lipinski definition) is 1. The maximum Gasteiger partial charge on any atom is 0.223 e. The van der Waals surface area contributed by atoms with Crippen LogP contribution in [0.5, 0.6) is 0 Å². The van der Waals surface area contributed by atoms with E-state index in [-0.39, 0.29) is 46.8 Å². The van der Waals surface area contributed by atoms with E-state index in [1.54, 1.807) is 0 Å². The van der Waals surface area contributed by atoms with Crippen molar-refractivity contribution in [2.45, 2.75) is 52.9 Å². The summed E-state index contributed by atoms with van der Waals surface area (Å²) in [6, 6.07) is 6.33. The molecule has 0 unspecified atom stereocenters. The Labute approximate surface area is 212 Å². The molecule has 0 radical (unpaired) electrons. The first-order chi connectivity index (χ1) is 16.5. The van der Waals surface area contributed by atoms with Gasteiger partial charge < -0.3 is 15.1 Å². The number of piperidine rings is 1. The van der Waals surface area contributed by atoms with Gasteiger partial charge in [0, 0.05) is 61.5 Å². The van der Waals surface area contributed by atoms with Gasteiger partial charge in [0.2, 0.25) is 12.5 Å². The predicted octanol–water partition coefficient (Wildman–Crippen LogP) is 3.82. The molecule has 35 heavy (non-hydrogen) atoms. The molecule has 1 amide bonds. The lowest BCUT2D eigenvalue weighted by Gasteiger charge is -2.40. The number of ketones is 1. The van der Waals surface area contributed by atoms with Crippen molar-refractivity contribution in [3.05, 3.63) is 39.4 Å². The third kappa shape index (κ3) is 5.82. The monoisotopic (exact) mass is 500 g/mol. The molecule has 8 nitrogen and oxygen atoms in total. The van der Waals surface area contributed by atoms with E-state index < -0.39 is 5.92 Å². The van der Waals surface area contributed by atoms with E-state index in [1.165, 1.54) is 11.1 Å². The van der Waals surface area contributed by atoms with Gasteiger partial charge in [-0.25, -0.2) is 0 Å². The van der Waals surface area contributed by atoms with Crippen LogP contribution in [-0.2, 0) is 9.59 Å². The minimum atomic E-state index is -0.519. The van der Waals surface area contributed by atoms with Crippen molar-refractivity contribution >= 4 is 34.7 Å². The van der Waals surface area contributed by atoms with Crippen molar-refractivity contribution in [3.63, 3.8) is 0 Å². The van der Waals surface area contributed by atoms with Gasteiger partial charge >= 0.3 is 0 Å². The largest absolute Gasteiger partial charge is 0.349 e. The van der Waals surface area contributed by atoms with Gasteiger partial charge in [-0.1, -0.05) is 13.0 Å². The second-order valence-corrected chi connectivity index (χ2v) is 11.4. The molecule has 1 saturated carbocycles. The Kier molecular flexibility index (Phi) is 7.45. The molecule has 0 bridgehead atoms. The summed E-state index contributed by atoms with van der Waals surface area (Å²) in [7, 11) is 0. The quantitative estimate of drug-likeness (QED) is 0.373. The van der Waals surface area contributed by atoms with E-state index in [2.05, 4.69) is 42.3 Å². The van der Waals surface area contributed by atoms with Crippen LogP contribution < -0.4 is 5.32 Å². The zero-order valence-electron chi connectivity index (χ0n) is 20.9. The molecular weight excluding hydrogens is 464 g/mol. The summed E-state index contributed by atoms with van der Waals surface area (Å²) in [5, 5.41) is 15.2. The van der Waals surface area contributed by atoms with Crippen LogP contribution in [0.2, 0.25) is 0 Å². The highest BCUT2D eigenvalue weighted by molar-refractivity contribution is 7.80. The number of anilines is 1. The Morgan fingerprint density at radius 3 is 2.34 bits per heavy atom. The molecule has 4 rings (SSSR count). The van der Waals surface area contributed by atoms with Gasteiger partial charge in [0.1, 0.15) is 5.78 Å². The molecule has 2 saturated heterocycles. The summed E-state index contributed by atoms with van der Waals surface area (Å²) in [6.45, 7) is 8.89. The number of carbonyl (C=O) groups is 2. The minimum Gasteiger partial charge on any atom is -0.349 e. The molecule has 1 N–H and O–H groups in total. The second-order valence-electron chi connectivity index (χ2n) is 11.0. The van der Waals surface area contributed by atoms with E-state index in [0.29, 0.717) is 19.5 Å². The lowest BCUT2D eigenvalue weighted by molar-refractivity contribution is -0.490. The Balaban J connectivity index is 1.30. The van der Waals surface area contributed by atoms with Gasteiger partial charge in [-0.05, 0) is 79.9 Å². The molecule has 1 aromatic rings. The number of hydrogen-bond acceptors (Lipinski definition) is 5. The summed E-state index contributed by atoms with van der Waals surface area (Å²) in [4.78, 5) is 40.4. The third-order valence-corrected chi connectivity index (χ3v) is 8.67. The fraction of sp³-hybridized carbons (Fsp3) is 0.654. The number of rotatable bonds is 5. The highest BCUT2D eigenvalue weighted by Crippen LogP contribution is 2.42. The van der Waals surface area contributed by atoms with Crippen LogP contribution in [0.25, 0.3) is 0 Å². The van der Waals surface area contributed by atoms with Crippen molar-refractivity contribution in [3.8, 4) is 0 Å². The summed E-state index contributed by atoms with van der Waals surface area (Å²) in [6.07, 6.45) is 3.33. The second kappa shape index (κ2) is 10.2. The lowest BCUT2D eigenvalue weighted by atomic mass is 9.78. The number of nitrogens with zero attached hydrogens (tertiary/aromatic N) is 3. The summed E-state index contributed by atoms with van der Waals surface area (Å²) in [5.41, 5.74) is 3.50. The molecular formula is C26H36N4O4S. The average molecular weight is 501 g/mol. The van der Waals surface area contributed by atoms with E-state index in [9.17, 15) is 19.7 Å². The first-order valence-electron chi connectivity index (χ1n) is 12.6. The lowest BCUT2D eigenvalue weighted by Crippen LogP contribution is -2.46. The number of nitrogens with one attached hydrogen (secondary N) is 1. The smallest absolute Gasteiger partial charge is 0.223 e. The molecule has 2 aliphatic heterocycles. The average Bonchev–Trinajstić information content (AvgIpc) is 3.29. The van der Waals surface area contributed by atoms with Gasteiger partial charge in [-0.2, -0.15) is 0 Å². The minimum absolute atomic E-state index is 0.00438. The first-order valence-corrected chi connectivity index (χ1v) is 13.0. The van der Waals surface area contributed by atoms with Crippen molar-refractivity contribution < 1.29 is 14.5 Å². The maximum absolute atomic E-state index is 13.1. The Morgan fingerprint density at radius 1 is 1.14 bits per heavy atom. The predicted molar refractivity (Wildman–Crippen MR) is 139 cm³/mol. The molecule has 3 atom stereocenters. The fourth-order valence-corrected chi connectivity index (χ4v) is 6.61. The zero-order chi connectivity index (χ0) is 25.3. The van der Waals surface area contributed by atoms with E-state index in [1.807, 2.05) is 11.8 Å². The van der Waals surface area contributed by atoms with E-state index >= 15 is 0 Å². The van der Waals surface area contributed by atoms with Crippen LogP contribution in [0.3, 0.4) is 0 Å². The zero-order valence-corrected chi connectivity index (χ0v) is 21.7. The number of carbonyl (C=O) groups excluding carboxylic acids is 2. The van der Waals surface area contributed by atoms with Gasteiger partial charge in [-0.15, -0.1) is 0 Å². The Morgan fingerprint density at radius 2 is 1.74 bits per heavy atom. The number of aryl methyl sites for hydroxylation is 2. The Bertz CT molecular complexity index is 1000. The van der Waals surface area contributed by atoms with E-state index in [4.69, 9.17) is 12.2 Å². The standard InChI is InChI=1S/C26H36N4O4S/c1-17-10-18(2)12-20(11-17)27-25(35)28-7-4-26(5-8-28)6-9-29(16-26)24(32)14-21-22(15-30(33)34)19(3)13-23(21)31/h10-12,19,21-22H,4-9,13-16H2,1-3H3,(H,27,35)/t19-,21-,22+/m1/s1. The molecule has 2 heterocycles. The number of amides is 1. The summed E-state index contributed by atoms with van der Waals surface area (Å²) < 4.78 is 0. The van der Waals surface area contributed by atoms with Crippen molar-refractivity contribution in [1.82, 2.24) is 9.80 Å². The number of nitro groups is 1. The van der Waals surface area contributed by atoms with Gasteiger partial charge in [0.25, 0.3) is 0 Å². The van der Waals surface area contributed by atoms with Crippen molar-refractivity contribution in [2.24, 2.45) is 23.2 Å². The highest BCUT2D eigenvalue weighted by atomic mass is 32.1. The molecule has 1 aliphatic carbocycles. The first kappa shape index (κ1) is 25.5. The fourth-order valence-electron chi connectivity index (χ4n) is 6.31. The van der Waals surface area contributed by atoms with Crippen LogP contribution in [0.15, 0.2) is 18.2 Å². The number of thiocarbonyl (C=S) groups is 1. The molecule has 1 aromatic carbocycles. The van der Waals surface area contributed by atoms with Crippen LogP contribution in [0.4, 0.5) is 5.69 Å². The topological polar surface area (TPSA) is 95.8 Å². The summed E-state index contributed by atoms with van der Waals surface area (Å²) >= 11 is 5.68. The van der Waals surface area contributed by atoms with Gasteiger partial charge in [0.15, 0.2) is 5.11 Å². The van der Waals surface area contributed by atoms with Crippen molar-refractivity contribution in [2.75, 3.05) is 38.0 Å². The molecule has 0 aromatic heterocycles. The number of likely N-dealkylation sites (tertiary alicyclic amines) is 2. The van der Waals surface area contributed by atoms with Gasteiger partial charge in [0.05, 0.1) is 0 Å². The van der Waals surface area contributed by atoms with Crippen LogP contribution in [-0.4, -0.2) is 64.2 Å². The normalized spacial score (nSPS) is 25.8. The van der Waals surface area contributed by atoms with Gasteiger partial charge in [-0.3, -0.25) is 19.7 Å². The van der Waals surface area contributed by atoms with E-state index in [0.717, 1.165) is 43.2 Å². The van der Waals surface area contributed by atoms with Crippen molar-refractivity contribution in [1.29, 1.82) is 0 Å². The highest BCUT2D eigenvalue weighted by Gasteiger charge is 2.46. The molecule has 190 valence electrons. The molecule has 9 heteroatoms. The summed E-state index contributed by atoms with van der Waals surface area (Å²) in [5.74, 6) is -0.926. The van der Waals surface area contributed by atoms with Crippen LogP contribution in [0.1, 0.15) is 50.2 Å². The SMILES string of the molecule is Cc1cc(C)cc(NC(=S)N2CCC3(CCN(C(=O)C[C@H]4C(=O)C[C@@H](C)[C@@H]4C[N+](=O)[O-])C3)CC2)c1. The molecule has 1 spiro atoms. The third-order valence-electron chi connectivity index (χ3n) is 8.31. The maximum atomic E-state index is 13.1. The Hall–Kier alpha value is -2.55. The van der Waals surface area contributed by atoms with Crippen LogP contribution >= 0.6 is 12.2 Å².